The largest absolute Gasteiger partial charge is 0.246 e. The van der Waals surface area contributed by atoms with Gasteiger partial charge in [-0.15, -0.1) is 0 Å². The number of pyridine rings is 2. The van der Waals surface area contributed by atoms with Gasteiger partial charge in [0.25, 0.3) is 11.8 Å². The van der Waals surface area contributed by atoms with Crippen LogP contribution in [0.25, 0.3) is 10.9 Å². The van der Waals surface area contributed by atoms with Crippen LogP contribution in [0.5, 0.6) is 11.5 Å². The Balaban J connectivity index is 0.000000214. The average molecular weight is 943 g/mol. The average Bonchev–Trinajstić information content (AvgIpc) is 3.46. The number of phenolic OH excluding ortho intramolecular Hbond substituents is 1. The number of phenols is 1. The smallest absolute Gasteiger partial charge is 0.141 e. The number of fused-ring (bicyclic) bond motifs is 6. The van der Waals surface area contributed by atoms with E-state index in [1.54, 1.807) is 48.7 Å². The van der Waals surface area contributed by atoms with Crippen LogP contribution in [0.2, 0.25) is 0 Å². The van der Waals surface area contributed by atoms with Crippen molar-refractivity contribution in [3.05, 3.63) is 122 Å². The molecule has 2 amide bonds. The molecule has 0 saturated carbocycles. The van der Waals surface area contributed by atoms with Gasteiger partial charge in [0.2, 0.25) is 0 Å². The number of likely N-dealkylation sites (N-methyl/N-ethyl adjacent to an activating group) is 1. The van der Waals surface area contributed by atoms with Crippen molar-refractivity contribution in [2.24, 2.45) is 4.99 Å². The van der Waals surface area contributed by atoms with Crippen molar-refractivity contribution in [1.82, 2.24) is 14.9 Å². The van der Waals surface area contributed by atoms with E-state index in [0.29, 0.717) is 31.9 Å². The molecule has 2 unspecified atom stereocenters. The Morgan fingerprint density at radius 1 is 0.896 bits per heavy atom. The summed E-state index contributed by atoms with van der Waals surface area (Å²) >= 11 is 3.07. The van der Waals surface area contributed by atoms with Crippen LogP contribution in [-0.2, 0) is 30.7 Å². The number of nitrogens with zero attached hydrogens (tertiary/aromatic N) is 5. The van der Waals surface area contributed by atoms with Crippen LogP contribution >= 0.6 is 23.7 Å². The first-order valence-electron chi connectivity index (χ1n) is 13.1. The predicted octanol–water partition coefficient (Wildman–Crippen LogP) is 6.51. The third kappa shape index (κ3) is 10.0. The minimum absolute atomic E-state index is 0. The fraction of sp³-hybridized carbons (Fsp3) is 0.138. The number of imide groups is 1. The fourth-order valence-electron chi connectivity index (χ4n) is 4.66. The maximum Gasteiger partial charge on any atom is 0.141 e. The summed E-state index contributed by atoms with van der Waals surface area (Å²) in [5, 5.41) is 24.5. The van der Waals surface area contributed by atoms with Gasteiger partial charge in [-0.3, -0.25) is 24.5 Å². The van der Waals surface area contributed by atoms with E-state index in [1.165, 1.54) is 19.3 Å². The quantitative estimate of drug-likeness (QED) is 0.115. The molecule has 2 atom stereocenters. The van der Waals surface area contributed by atoms with Gasteiger partial charge in [-0.05, 0) is 76.5 Å². The number of rotatable bonds is 0. The molecule has 4 aliphatic rings. The second-order valence-corrected chi connectivity index (χ2v) is 12.8. The van der Waals surface area contributed by atoms with Gasteiger partial charge in [-0.25, -0.2) is 9.37 Å². The van der Waals surface area contributed by atoms with Crippen LogP contribution in [0.1, 0.15) is 5.69 Å². The molecule has 2 aromatic heterocycles. The van der Waals surface area contributed by atoms with Crippen LogP contribution in [-0.4, -0.2) is 56.0 Å². The van der Waals surface area contributed by atoms with Crippen molar-refractivity contribution in [3.8, 4) is 11.5 Å². The number of allylic oxidation sites excluding steroid dienone is 2. The van der Waals surface area contributed by atoms with E-state index in [9.17, 15) is 44.3 Å². The minimum Gasteiger partial charge on any atom is -0.246 e. The first kappa shape index (κ1) is 38.5. The molecule has 9 nitrogen and oxygen atoms in total. The summed E-state index contributed by atoms with van der Waals surface area (Å²) in [4.78, 5) is 38.6. The summed E-state index contributed by atoms with van der Waals surface area (Å²) in [5.41, 5.74) is 3.17. The zero-order valence-electron chi connectivity index (χ0n) is 24.3. The Labute approximate surface area is 289 Å². The monoisotopic (exact) mass is 942 g/mol. The van der Waals surface area contributed by atoms with E-state index in [0.717, 1.165) is 22.4 Å². The van der Waals surface area contributed by atoms with E-state index >= 15 is 0 Å². The van der Waals surface area contributed by atoms with Crippen molar-refractivity contribution < 1.29 is 70.4 Å². The molecule has 3 aliphatic heterocycles. The number of aryl methyl sites for hydroxylation is 1. The van der Waals surface area contributed by atoms with Crippen molar-refractivity contribution in [2.75, 3.05) is 7.05 Å². The van der Waals surface area contributed by atoms with Crippen molar-refractivity contribution >= 4 is 41.1 Å². The van der Waals surface area contributed by atoms with Crippen molar-refractivity contribution in [1.29, 1.82) is 0 Å². The summed E-state index contributed by atoms with van der Waals surface area (Å²) in [6.45, 7) is 1.87. The molecule has 5 heterocycles. The molecule has 0 saturated heterocycles. The molecule has 0 fully saturated rings. The Morgan fingerprint density at radius 2 is 1.52 bits per heavy atom. The minimum atomic E-state index is -10.7. The number of carbonyl (C=O) groups excluding carboxylic acids is 2. The van der Waals surface area contributed by atoms with Crippen LogP contribution in [0.3, 0.4) is 0 Å². The number of hydrogen-bond acceptors (Lipinski definition) is 7. The Hall–Kier alpha value is -3.94. The van der Waals surface area contributed by atoms with Crippen molar-refractivity contribution in [3.63, 3.8) is 0 Å². The van der Waals surface area contributed by atoms with Gasteiger partial charge in [-0.2, -0.15) is 6.20 Å². The number of aromatic hydroxyl groups is 2. The van der Waals surface area contributed by atoms with Gasteiger partial charge >= 0.3 is 33.0 Å². The summed E-state index contributed by atoms with van der Waals surface area (Å²) in [6, 6.07) is 10.5. The molecule has 2 N–H and O–H groups in total. The number of aromatic nitrogens is 2. The van der Waals surface area contributed by atoms with Gasteiger partial charge < -0.3 is 15.5 Å². The first-order chi connectivity index (χ1) is 21.6. The summed E-state index contributed by atoms with van der Waals surface area (Å²) in [7, 11) is -9.17. The predicted molar refractivity (Wildman–Crippen MR) is 161 cm³/mol. The Bertz CT molecular complexity index is 1880. The zero-order valence-corrected chi connectivity index (χ0v) is 29.1. The molecule has 0 bridgehead atoms. The van der Waals surface area contributed by atoms with E-state index < -0.39 is 7.81 Å². The number of carbonyl (C=O) groups is 2. The van der Waals surface area contributed by atoms with E-state index in [1.807, 2.05) is 13.0 Å². The summed E-state index contributed by atoms with van der Waals surface area (Å²) in [6.07, 6.45) is 7.88. The third-order valence-electron chi connectivity index (χ3n) is 6.50. The Morgan fingerprint density at radius 3 is 2.06 bits per heavy atom. The van der Waals surface area contributed by atoms with Gasteiger partial charge in [0.15, 0.2) is 0 Å². The second kappa shape index (κ2) is 13.5. The maximum atomic E-state index is 12.7. The molecule has 0 spiro atoms. The zero-order chi connectivity index (χ0) is 35.0. The van der Waals surface area contributed by atoms with Gasteiger partial charge in [0.05, 0.1) is 34.9 Å². The summed E-state index contributed by atoms with van der Waals surface area (Å²) in [5.74, 6) is -0.624. The third-order valence-corrected chi connectivity index (χ3v) is 6.97. The molecule has 1 aliphatic carbocycles. The molecule has 260 valence electrons. The van der Waals surface area contributed by atoms with E-state index in [4.69, 9.17) is 10.1 Å². The molecular formula is C29H22BrF7N5O4PPt-2. The number of benzene rings is 1. The van der Waals surface area contributed by atoms with Crippen molar-refractivity contribution in [2.45, 2.75) is 19.0 Å². The van der Waals surface area contributed by atoms with Crippen LogP contribution in [0.4, 0.5) is 29.6 Å². The first-order valence-corrected chi connectivity index (χ1v) is 15.9. The second-order valence-electron chi connectivity index (χ2n) is 10.1. The van der Waals surface area contributed by atoms with Gasteiger partial charge in [-0.1, -0.05) is 18.2 Å². The molecule has 1 aromatic carbocycles. The Kier molecular flexibility index (Phi) is 10.8. The molecular weight excluding hydrogens is 921 g/mol. The molecule has 48 heavy (non-hydrogen) atoms. The molecule has 7 rings (SSSR count). The standard InChI is InChI=1S/C18H13N3O3.C6H7NO.C5H3BrFN.F6P.Pt/c1-21-17(23)13-9-3-2-6-19-15(9)16-12(14(13)18(21)24)10-7-8(22)4-5-11(10)20-16;1-5-2-3-6(8)4-7-5;6-5-2-1-4(7)3-8-5;1-7(2,3,4,5)6;/h2-7,15-16H,1H3,(H2,19,20,22,23,24);2-4,8H,1H3;1-3H;;/q;;;-1;/p-1. The fourth-order valence-corrected chi connectivity index (χ4v) is 4.90. The molecule has 19 heteroatoms. The SMILES string of the molecule is CN1C(=O)C2=C(C1=O)C1=c3cc(O)ccc3=NC1C1[N-]C=CC=C21.Cc1ccc(O)cn1.F[P-](F)(F)(F)(F)F.Fc1ccc(Br)nc1.[Pt]. The van der Waals surface area contributed by atoms with E-state index in [2.05, 4.69) is 31.2 Å². The van der Waals surface area contributed by atoms with E-state index in [-0.39, 0.29) is 62.3 Å². The van der Waals surface area contributed by atoms with Gasteiger partial charge in [0.1, 0.15) is 21.9 Å². The van der Waals surface area contributed by atoms with Crippen LogP contribution in [0, 0.1) is 12.7 Å². The normalized spacial score (nSPS) is 19.7. The van der Waals surface area contributed by atoms with Crippen LogP contribution < -0.4 is 10.6 Å². The molecule has 0 radical (unpaired) electrons. The number of halogens is 8. The maximum absolute atomic E-state index is 12.7. The number of amides is 2. The van der Waals surface area contributed by atoms with Crippen LogP contribution in [0.15, 0.2) is 99.5 Å². The topological polar surface area (TPSA) is 130 Å². The summed E-state index contributed by atoms with van der Waals surface area (Å²) < 4.78 is 71.8. The van der Waals surface area contributed by atoms with Gasteiger partial charge in [0, 0.05) is 39.0 Å². The molecule has 3 aromatic rings. The number of hydrogen-bond donors (Lipinski definition) is 2.